The van der Waals surface area contributed by atoms with Crippen molar-refractivity contribution >= 4 is 21.9 Å². The molecule has 0 heterocycles. The van der Waals surface area contributed by atoms with Gasteiger partial charge >= 0.3 is 12.1 Å². The van der Waals surface area contributed by atoms with Gasteiger partial charge in [0.15, 0.2) is 0 Å². The standard InChI is InChI=1S/C12H9BrF3NO2/c1-2-19-11(18)4-7-3-8(13)5-10(9(7)6-17)12(14,15)16/h3,5H,2,4H2,1H3. The number of rotatable bonds is 3. The second-order valence-corrected chi connectivity index (χ2v) is 4.49. The van der Waals surface area contributed by atoms with E-state index in [1.807, 2.05) is 0 Å². The number of alkyl halides is 3. The number of esters is 1. The highest BCUT2D eigenvalue weighted by Gasteiger charge is 2.35. The molecule has 1 aromatic carbocycles. The van der Waals surface area contributed by atoms with Crippen molar-refractivity contribution in [1.29, 1.82) is 5.26 Å². The van der Waals surface area contributed by atoms with Crippen LogP contribution in [-0.4, -0.2) is 12.6 Å². The van der Waals surface area contributed by atoms with Gasteiger partial charge in [-0.2, -0.15) is 18.4 Å². The van der Waals surface area contributed by atoms with E-state index in [0.717, 1.165) is 6.07 Å². The fourth-order valence-corrected chi connectivity index (χ4v) is 2.03. The predicted molar refractivity (Wildman–Crippen MR) is 64.2 cm³/mol. The van der Waals surface area contributed by atoms with Gasteiger partial charge in [0, 0.05) is 4.47 Å². The van der Waals surface area contributed by atoms with Crippen LogP contribution in [0, 0.1) is 11.3 Å². The average Bonchev–Trinajstić information content (AvgIpc) is 2.27. The number of halogens is 4. The maximum atomic E-state index is 12.8. The summed E-state index contributed by atoms with van der Waals surface area (Å²) in [7, 11) is 0. The highest BCUT2D eigenvalue weighted by Crippen LogP contribution is 2.35. The van der Waals surface area contributed by atoms with Crippen LogP contribution in [0.5, 0.6) is 0 Å². The summed E-state index contributed by atoms with van der Waals surface area (Å²) < 4.78 is 43.2. The second-order valence-electron chi connectivity index (χ2n) is 3.58. The minimum absolute atomic E-state index is 0.0114. The van der Waals surface area contributed by atoms with E-state index in [1.54, 1.807) is 6.92 Å². The Morgan fingerprint density at radius 3 is 2.58 bits per heavy atom. The van der Waals surface area contributed by atoms with E-state index in [2.05, 4.69) is 20.7 Å². The fourth-order valence-electron chi connectivity index (χ4n) is 1.53. The monoisotopic (exact) mass is 335 g/mol. The van der Waals surface area contributed by atoms with Gasteiger partial charge in [-0.15, -0.1) is 0 Å². The minimum Gasteiger partial charge on any atom is -0.466 e. The molecule has 0 saturated carbocycles. The van der Waals surface area contributed by atoms with Gasteiger partial charge in [-0.3, -0.25) is 4.79 Å². The first-order valence-corrected chi connectivity index (χ1v) is 6.04. The van der Waals surface area contributed by atoms with Gasteiger partial charge in [0.25, 0.3) is 0 Å². The Hall–Kier alpha value is -1.55. The van der Waals surface area contributed by atoms with Crippen molar-refractivity contribution < 1.29 is 22.7 Å². The number of benzene rings is 1. The Morgan fingerprint density at radius 1 is 1.47 bits per heavy atom. The molecule has 0 aliphatic carbocycles. The molecular formula is C12H9BrF3NO2. The van der Waals surface area contributed by atoms with Crippen molar-refractivity contribution in [3.05, 3.63) is 33.3 Å². The first kappa shape index (κ1) is 15.5. The van der Waals surface area contributed by atoms with E-state index in [0.29, 0.717) is 0 Å². The van der Waals surface area contributed by atoms with E-state index in [4.69, 9.17) is 5.26 Å². The summed E-state index contributed by atoms with van der Waals surface area (Å²) in [6.45, 7) is 1.71. The van der Waals surface area contributed by atoms with Crippen LogP contribution in [0.1, 0.15) is 23.6 Å². The molecule has 0 unspecified atom stereocenters. The SMILES string of the molecule is CCOC(=O)Cc1cc(Br)cc(C(F)(F)F)c1C#N. The number of hydrogen-bond donors (Lipinski definition) is 0. The zero-order valence-corrected chi connectivity index (χ0v) is 11.4. The Labute approximate surface area is 116 Å². The van der Waals surface area contributed by atoms with Crippen LogP contribution >= 0.6 is 15.9 Å². The Bertz CT molecular complexity index is 535. The van der Waals surface area contributed by atoms with Gasteiger partial charge in [0.1, 0.15) is 6.07 Å². The number of carbonyl (C=O) groups is 1. The van der Waals surface area contributed by atoms with Crippen LogP contribution < -0.4 is 0 Å². The lowest BCUT2D eigenvalue weighted by molar-refractivity contribution is -0.142. The maximum absolute atomic E-state index is 12.8. The third-order valence-electron chi connectivity index (χ3n) is 2.24. The quantitative estimate of drug-likeness (QED) is 0.795. The molecule has 0 aliphatic rings. The number of carbonyl (C=O) groups excluding carboxylic acids is 1. The van der Waals surface area contributed by atoms with Crippen LogP contribution in [0.4, 0.5) is 13.2 Å². The molecule has 0 aromatic heterocycles. The summed E-state index contributed by atoms with van der Waals surface area (Å²) in [6.07, 6.45) is -5.03. The number of hydrogen-bond acceptors (Lipinski definition) is 3. The third-order valence-corrected chi connectivity index (χ3v) is 2.70. The molecule has 0 N–H and O–H groups in total. The van der Waals surface area contributed by atoms with Crippen molar-refractivity contribution in [1.82, 2.24) is 0 Å². The minimum atomic E-state index is -4.65. The highest BCUT2D eigenvalue weighted by atomic mass is 79.9. The molecule has 0 spiro atoms. The summed E-state index contributed by atoms with van der Waals surface area (Å²) in [5, 5.41) is 8.88. The van der Waals surface area contributed by atoms with Gasteiger partial charge in [-0.05, 0) is 24.6 Å². The van der Waals surface area contributed by atoms with E-state index < -0.39 is 23.3 Å². The summed E-state index contributed by atoms with van der Waals surface area (Å²) in [6, 6.07) is 3.62. The summed E-state index contributed by atoms with van der Waals surface area (Å²) in [4.78, 5) is 11.3. The lowest BCUT2D eigenvalue weighted by atomic mass is 9.99. The van der Waals surface area contributed by atoms with Crippen molar-refractivity contribution in [3.63, 3.8) is 0 Å². The molecule has 7 heteroatoms. The Morgan fingerprint density at radius 2 is 2.11 bits per heavy atom. The molecule has 0 amide bonds. The molecule has 0 aliphatic heterocycles. The largest absolute Gasteiger partial charge is 0.466 e. The average molecular weight is 336 g/mol. The first-order chi connectivity index (χ1) is 8.79. The zero-order chi connectivity index (χ0) is 14.6. The normalized spacial score (nSPS) is 10.9. The van der Waals surface area contributed by atoms with E-state index in [-0.39, 0.29) is 23.1 Å². The van der Waals surface area contributed by atoms with Gasteiger partial charge in [0.05, 0.1) is 24.2 Å². The number of nitriles is 1. The fraction of sp³-hybridized carbons (Fsp3) is 0.333. The van der Waals surface area contributed by atoms with Crippen LogP contribution in [0.2, 0.25) is 0 Å². The van der Waals surface area contributed by atoms with Gasteiger partial charge in [-0.1, -0.05) is 15.9 Å². The van der Waals surface area contributed by atoms with Gasteiger partial charge < -0.3 is 4.74 Å². The second kappa shape index (κ2) is 6.06. The molecule has 19 heavy (non-hydrogen) atoms. The summed E-state index contributed by atoms with van der Waals surface area (Å²) in [5.74, 6) is -0.676. The predicted octanol–water partition coefficient (Wildman–Crippen LogP) is 3.45. The van der Waals surface area contributed by atoms with Crippen molar-refractivity contribution in [2.45, 2.75) is 19.5 Å². The number of ether oxygens (including phenoxy) is 1. The number of nitrogens with zero attached hydrogens (tertiary/aromatic N) is 1. The molecule has 102 valence electrons. The molecule has 0 fully saturated rings. The molecular weight excluding hydrogens is 327 g/mol. The molecule has 0 radical (unpaired) electrons. The van der Waals surface area contributed by atoms with Crippen molar-refractivity contribution in [2.24, 2.45) is 0 Å². The van der Waals surface area contributed by atoms with Gasteiger partial charge in [-0.25, -0.2) is 0 Å². The molecule has 3 nitrogen and oxygen atoms in total. The van der Waals surface area contributed by atoms with E-state index >= 15 is 0 Å². The molecule has 0 saturated heterocycles. The van der Waals surface area contributed by atoms with E-state index in [9.17, 15) is 18.0 Å². The van der Waals surface area contributed by atoms with E-state index in [1.165, 1.54) is 12.1 Å². The topological polar surface area (TPSA) is 50.1 Å². The smallest absolute Gasteiger partial charge is 0.417 e. The van der Waals surface area contributed by atoms with Crippen LogP contribution in [0.25, 0.3) is 0 Å². The molecule has 0 atom stereocenters. The van der Waals surface area contributed by atoms with Crippen LogP contribution in [0.3, 0.4) is 0 Å². The molecule has 1 rings (SSSR count). The van der Waals surface area contributed by atoms with Crippen molar-refractivity contribution in [2.75, 3.05) is 6.61 Å². The maximum Gasteiger partial charge on any atom is 0.417 e. The van der Waals surface area contributed by atoms with Crippen molar-refractivity contribution in [3.8, 4) is 6.07 Å². The summed E-state index contributed by atoms with van der Waals surface area (Å²) >= 11 is 2.94. The molecule has 1 aromatic rings. The summed E-state index contributed by atoms with van der Waals surface area (Å²) in [5.41, 5.74) is -1.63. The Kier molecular flexibility index (Phi) is 4.95. The lowest BCUT2D eigenvalue weighted by Crippen LogP contribution is -2.13. The highest BCUT2D eigenvalue weighted by molar-refractivity contribution is 9.10. The molecule has 0 bridgehead atoms. The van der Waals surface area contributed by atoms with Crippen LogP contribution in [-0.2, 0) is 22.1 Å². The Balaban J connectivity index is 3.29. The third kappa shape index (κ3) is 3.96. The van der Waals surface area contributed by atoms with Gasteiger partial charge in [0.2, 0.25) is 0 Å². The van der Waals surface area contributed by atoms with Crippen LogP contribution in [0.15, 0.2) is 16.6 Å². The zero-order valence-electron chi connectivity index (χ0n) is 9.84. The lowest BCUT2D eigenvalue weighted by Gasteiger charge is -2.13. The first-order valence-electron chi connectivity index (χ1n) is 5.25.